The van der Waals surface area contributed by atoms with E-state index in [1.165, 1.54) is 6.07 Å². The Morgan fingerprint density at radius 1 is 1.14 bits per heavy atom. The molecule has 0 bridgehead atoms. The van der Waals surface area contributed by atoms with Crippen molar-refractivity contribution < 1.29 is 13.6 Å². The summed E-state index contributed by atoms with van der Waals surface area (Å²) in [4.78, 5) is 12.5. The monoisotopic (exact) mass is 321 g/mol. The van der Waals surface area contributed by atoms with Crippen molar-refractivity contribution in [1.29, 1.82) is 0 Å². The van der Waals surface area contributed by atoms with Crippen LogP contribution in [-0.2, 0) is 4.79 Å². The van der Waals surface area contributed by atoms with E-state index in [-0.39, 0.29) is 23.4 Å². The molecule has 1 amide bonds. The average molecular weight is 322 g/mol. The second-order valence-electron chi connectivity index (χ2n) is 5.48. The van der Waals surface area contributed by atoms with Crippen molar-refractivity contribution in [2.45, 2.75) is 18.8 Å². The minimum atomic E-state index is -0.779. The van der Waals surface area contributed by atoms with Crippen LogP contribution in [0, 0.1) is 17.6 Å². The van der Waals surface area contributed by atoms with Gasteiger partial charge in [0.25, 0.3) is 0 Å². The van der Waals surface area contributed by atoms with Crippen LogP contribution < -0.4 is 5.32 Å². The summed E-state index contributed by atoms with van der Waals surface area (Å²) in [6, 6.07) is 10.2. The number of anilines is 1. The van der Waals surface area contributed by atoms with Gasteiger partial charge in [-0.15, -0.1) is 0 Å². The number of carbonyl (C=O) groups excluding carboxylic acids is 1. The molecule has 22 heavy (non-hydrogen) atoms. The van der Waals surface area contributed by atoms with Gasteiger partial charge in [0, 0.05) is 11.1 Å². The maximum atomic E-state index is 13.7. The fourth-order valence-corrected chi connectivity index (χ4v) is 2.66. The van der Waals surface area contributed by atoms with Crippen LogP contribution in [0.2, 0.25) is 5.02 Å². The van der Waals surface area contributed by atoms with E-state index in [9.17, 15) is 13.6 Å². The summed E-state index contributed by atoms with van der Waals surface area (Å²) in [6.45, 7) is 0. The minimum absolute atomic E-state index is 0.00832. The number of hydrogen-bond donors (Lipinski definition) is 1. The fraction of sp³-hybridized carbons (Fsp3) is 0.235. The summed E-state index contributed by atoms with van der Waals surface area (Å²) >= 11 is 5.87. The van der Waals surface area contributed by atoms with E-state index in [2.05, 4.69) is 5.32 Å². The number of carbonyl (C=O) groups is 1. The molecule has 1 N–H and O–H groups in total. The molecule has 0 radical (unpaired) electrons. The van der Waals surface area contributed by atoms with Crippen molar-refractivity contribution in [2.24, 2.45) is 5.92 Å². The largest absolute Gasteiger partial charge is 0.323 e. The third-order valence-electron chi connectivity index (χ3n) is 3.79. The Kier molecular flexibility index (Phi) is 4.12. The molecule has 1 atom stereocenters. The second kappa shape index (κ2) is 6.05. The third kappa shape index (κ3) is 3.28. The van der Waals surface area contributed by atoms with Crippen LogP contribution in [0.15, 0.2) is 42.5 Å². The van der Waals surface area contributed by atoms with Gasteiger partial charge in [-0.3, -0.25) is 4.79 Å². The Balaban J connectivity index is 1.82. The molecule has 0 aliphatic heterocycles. The van der Waals surface area contributed by atoms with Gasteiger partial charge in [0.15, 0.2) is 0 Å². The van der Waals surface area contributed by atoms with E-state index >= 15 is 0 Å². The Hall–Kier alpha value is -1.94. The first-order chi connectivity index (χ1) is 10.5. The van der Waals surface area contributed by atoms with Gasteiger partial charge in [-0.2, -0.15) is 0 Å². The van der Waals surface area contributed by atoms with Crippen LogP contribution in [0.3, 0.4) is 0 Å². The van der Waals surface area contributed by atoms with E-state index in [1.54, 1.807) is 12.1 Å². The zero-order valence-electron chi connectivity index (χ0n) is 11.7. The summed E-state index contributed by atoms with van der Waals surface area (Å²) in [5.74, 6) is -1.83. The fourth-order valence-electron chi connectivity index (χ4n) is 2.54. The van der Waals surface area contributed by atoms with E-state index in [4.69, 9.17) is 11.6 Å². The first kappa shape index (κ1) is 15.0. The molecular formula is C17H14ClF2NO. The highest BCUT2D eigenvalue weighted by Gasteiger charge is 2.37. The van der Waals surface area contributed by atoms with E-state index in [1.807, 2.05) is 12.1 Å². The number of hydrogen-bond acceptors (Lipinski definition) is 1. The molecular weight excluding hydrogens is 308 g/mol. The molecule has 0 heterocycles. The van der Waals surface area contributed by atoms with Gasteiger partial charge in [0.2, 0.25) is 5.91 Å². The zero-order chi connectivity index (χ0) is 15.7. The number of amides is 1. The van der Waals surface area contributed by atoms with Crippen molar-refractivity contribution in [2.75, 3.05) is 5.32 Å². The molecule has 0 saturated heterocycles. The zero-order valence-corrected chi connectivity index (χ0v) is 12.4. The maximum absolute atomic E-state index is 13.7. The maximum Gasteiger partial charge on any atom is 0.232 e. The van der Waals surface area contributed by atoms with Crippen molar-refractivity contribution in [3.05, 3.63) is 64.7 Å². The van der Waals surface area contributed by atoms with E-state index < -0.39 is 11.6 Å². The number of rotatable bonds is 4. The summed E-state index contributed by atoms with van der Waals surface area (Å²) in [6.07, 6.45) is 1.93. The standard InChI is InChI=1S/C17H14ClF2NO/c18-12-5-3-11(4-6-12)16(10-1-2-10)17(22)21-15-8-7-13(19)9-14(15)20/h3-10,16H,1-2H2,(H,21,22). The molecule has 1 saturated carbocycles. The molecule has 0 spiro atoms. The van der Waals surface area contributed by atoms with Gasteiger partial charge in [0.05, 0.1) is 11.6 Å². The molecule has 2 aromatic carbocycles. The lowest BCUT2D eigenvalue weighted by Crippen LogP contribution is -2.23. The van der Waals surface area contributed by atoms with Crippen molar-refractivity contribution >= 4 is 23.2 Å². The highest BCUT2D eigenvalue weighted by atomic mass is 35.5. The predicted molar refractivity (Wildman–Crippen MR) is 81.9 cm³/mol. The molecule has 2 aromatic rings. The summed E-state index contributed by atoms with van der Waals surface area (Å²) < 4.78 is 26.6. The molecule has 3 rings (SSSR count). The second-order valence-corrected chi connectivity index (χ2v) is 5.92. The van der Waals surface area contributed by atoms with Crippen LogP contribution >= 0.6 is 11.6 Å². The lowest BCUT2D eigenvalue weighted by molar-refractivity contribution is -0.118. The molecule has 0 aromatic heterocycles. The van der Waals surface area contributed by atoms with E-state index in [0.717, 1.165) is 30.5 Å². The Morgan fingerprint density at radius 3 is 2.41 bits per heavy atom. The normalized spacial score (nSPS) is 15.4. The lowest BCUT2D eigenvalue weighted by Gasteiger charge is -2.17. The Morgan fingerprint density at radius 2 is 1.82 bits per heavy atom. The summed E-state index contributed by atoms with van der Waals surface area (Å²) in [5, 5.41) is 3.16. The van der Waals surface area contributed by atoms with Gasteiger partial charge in [-0.05, 0) is 48.6 Å². The molecule has 114 valence electrons. The summed E-state index contributed by atoms with van der Waals surface area (Å²) in [5.41, 5.74) is 0.845. The molecule has 1 fully saturated rings. The third-order valence-corrected chi connectivity index (χ3v) is 4.05. The highest BCUT2D eigenvalue weighted by molar-refractivity contribution is 6.30. The van der Waals surface area contributed by atoms with Crippen LogP contribution in [0.25, 0.3) is 0 Å². The van der Waals surface area contributed by atoms with E-state index in [0.29, 0.717) is 5.02 Å². The smallest absolute Gasteiger partial charge is 0.232 e. The number of benzene rings is 2. The topological polar surface area (TPSA) is 29.1 Å². The van der Waals surface area contributed by atoms with Crippen molar-refractivity contribution in [3.63, 3.8) is 0 Å². The van der Waals surface area contributed by atoms with Crippen molar-refractivity contribution in [3.8, 4) is 0 Å². The van der Waals surface area contributed by atoms with Gasteiger partial charge < -0.3 is 5.32 Å². The molecule has 5 heteroatoms. The van der Waals surface area contributed by atoms with Gasteiger partial charge >= 0.3 is 0 Å². The molecule has 1 aliphatic carbocycles. The average Bonchev–Trinajstić information content (AvgIpc) is 3.29. The van der Waals surface area contributed by atoms with Gasteiger partial charge in [0.1, 0.15) is 11.6 Å². The lowest BCUT2D eigenvalue weighted by atomic mass is 9.93. The quantitative estimate of drug-likeness (QED) is 0.865. The first-order valence-electron chi connectivity index (χ1n) is 7.06. The predicted octanol–water partition coefficient (Wildman–Crippen LogP) is 4.75. The molecule has 1 unspecified atom stereocenters. The Bertz CT molecular complexity index is 698. The summed E-state index contributed by atoms with van der Waals surface area (Å²) in [7, 11) is 0. The highest BCUT2D eigenvalue weighted by Crippen LogP contribution is 2.43. The Labute approximate surface area is 132 Å². The number of halogens is 3. The van der Waals surface area contributed by atoms with Crippen LogP contribution in [0.5, 0.6) is 0 Å². The van der Waals surface area contributed by atoms with Gasteiger partial charge in [-0.1, -0.05) is 23.7 Å². The molecule has 1 aliphatic rings. The SMILES string of the molecule is O=C(Nc1ccc(F)cc1F)C(c1ccc(Cl)cc1)C1CC1. The van der Waals surface area contributed by atoms with Crippen LogP contribution in [-0.4, -0.2) is 5.91 Å². The number of nitrogens with one attached hydrogen (secondary N) is 1. The minimum Gasteiger partial charge on any atom is -0.323 e. The van der Waals surface area contributed by atoms with Crippen LogP contribution in [0.1, 0.15) is 24.3 Å². The first-order valence-corrected chi connectivity index (χ1v) is 7.44. The van der Waals surface area contributed by atoms with Gasteiger partial charge in [-0.25, -0.2) is 8.78 Å². The van der Waals surface area contributed by atoms with Crippen LogP contribution in [0.4, 0.5) is 14.5 Å². The van der Waals surface area contributed by atoms with Crippen molar-refractivity contribution in [1.82, 2.24) is 0 Å². The molecule has 2 nitrogen and oxygen atoms in total.